The molecule has 0 bridgehead atoms. The smallest absolute Gasteiger partial charge is 0.0895 e. The molecule has 1 aliphatic rings. The molecule has 2 heterocycles. The van der Waals surface area contributed by atoms with E-state index in [1.165, 1.54) is 0 Å². The van der Waals surface area contributed by atoms with Crippen molar-refractivity contribution in [1.29, 1.82) is 0 Å². The standard InChI is InChI=1S/C14H23N3O2/c1-2-19-14(5-8-18-9-6-14)13(17-15)10-12-4-3-7-16-11-12/h3-4,7,11,13,17H,2,5-6,8-10,15H2,1H3. The topological polar surface area (TPSA) is 69.4 Å². The number of nitrogens with two attached hydrogens (primary N) is 1. The van der Waals surface area contributed by atoms with Crippen LogP contribution in [0.4, 0.5) is 0 Å². The van der Waals surface area contributed by atoms with E-state index in [2.05, 4.69) is 16.5 Å². The maximum atomic E-state index is 6.05. The van der Waals surface area contributed by atoms with E-state index in [1.807, 2.05) is 19.2 Å². The summed E-state index contributed by atoms with van der Waals surface area (Å²) in [4.78, 5) is 4.15. The maximum absolute atomic E-state index is 6.05. The van der Waals surface area contributed by atoms with Gasteiger partial charge >= 0.3 is 0 Å². The van der Waals surface area contributed by atoms with E-state index in [4.69, 9.17) is 15.3 Å². The number of rotatable bonds is 6. The highest BCUT2D eigenvalue weighted by atomic mass is 16.5. The third kappa shape index (κ3) is 3.51. The van der Waals surface area contributed by atoms with Gasteiger partial charge in [-0.05, 0) is 25.0 Å². The summed E-state index contributed by atoms with van der Waals surface area (Å²) in [7, 11) is 0. The minimum atomic E-state index is -0.239. The summed E-state index contributed by atoms with van der Waals surface area (Å²) in [6.07, 6.45) is 6.21. The van der Waals surface area contributed by atoms with Gasteiger partial charge in [0.1, 0.15) is 0 Å². The number of nitrogens with one attached hydrogen (secondary N) is 1. The molecule has 5 heteroatoms. The predicted octanol–water partition coefficient (Wildman–Crippen LogP) is 1.04. The third-order valence-corrected chi connectivity index (χ3v) is 3.77. The molecule has 1 fully saturated rings. The van der Waals surface area contributed by atoms with Crippen LogP contribution in [0.25, 0.3) is 0 Å². The summed E-state index contributed by atoms with van der Waals surface area (Å²) >= 11 is 0. The van der Waals surface area contributed by atoms with Crippen molar-refractivity contribution in [3.8, 4) is 0 Å². The number of hydrazine groups is 1. The Balaban J connectivity index is 2.12. The molecule has 0 aromatic carbocycles. The van der Waals surface area contributed by atoms with E-state index in [1.54, 1.807) is 6.20 Å². The highest BCUT2D eigenvalue weighted by Gasteiger charge is 2.40. The minimum absolute atomic E-state index is 0.0700. The van der Waals surface area contributed by atoms with Gasteiger partial charge in [-0.1, -0.05) is 6.07 Å². The van der Waals surface area contributed by atoms with Crippen molar-refractivity contribution in [1.82, 2.24) is 10.4 Å². The molecular weight excluding hydrogens is 242 g/mol. The summed E-state index contributed by atoms with van der Waals surface area (Å²) in [5, 5.41) is 0. The van der Waals surface area contributed by atoms with Crippen molar-refractivity contribution in [2.24, 2.45) is 5.84 Å². The molecule has 0 amide bonds. The lowest BCUT2D eigenvalue weighted by molar-refractivity contribution is -0.126. The molecule has 1 aromatic rings. The fraction of sp³-hybridized carbons (Fsp3) is 0.643. The molecule has 1 aliphatic heterocycles. The van der Waals surface area contributed by atoms with Crippen molar-refractivity contribution in [2.45, 2.75) is 37.8 Å². The zero-order valence-electron chi connectivity index (χ0n) is 11.5. The maximum Gasteiger partial charge on any atom is 0.0895 e. The number of hydrogen-bond acceptors (Lipinski definition) is 5. The van der Waals surface area contributed by atoms with Gasteiger partial charge in [-0.15, -0.1) is 0 Å². The van der Waals surface area contributed by atoms with Crippen LogP contribution in [0.1, 0.15) is 25.3 Å². The Kier molecular flexibility index (Phi) is 5.27. The molecule has 0 saturated carbocycles. The number of pyridine rings is 1. The Morgan fingerprint density at radius 3 is 2.89 bits per heavy atom. The molecule has 1 unspecified atom stereocenters. The van der Waals surface area contributed by atoms with Crippen LogP contribution < -0.4 is 11.3 Å². The molecule has 2 rings (SSSR count). The first-order valence-electron chi connectivity index (χ1n) is 6.87. The van der Waals surface area contributed by atoms with E-state index < -0.39 is 0 Å². The molecule has 5 nitrogen and oxygen atoms in total. The van der Waals surface area contributed by atoms with E-state index in [0.717, 1.165) is 38.0 Å². The molecule has 0 aliphatic carbocycles. The lowest BCUT2D eigenvalue weighted by Crippen LogP contribution is -2.58. The zero-order valence-corrected chi connectivity index (χ0v) is 11.5. The molecular formula is C14H23N3O2. The number of nitrogens with zero attached hydrogens (tertiary/aromatic N) is 1. The van der Waals surface area contributed by atoms with Gasteiger partial charge in [0.15, 0.2) is 0 Å². The lowest BCUT2D eigenvalue weighted by atomic mass is 9.83. The van der Waals surface area contributed by atoms with E-state index in [0.29, 0.717) is 6.61 Å². The number of ether oxygens (including phenoxy) is 2. The van der Waals surface area contributed by atoms with Crippen LogP contribution in [-0.2, 0) is 15.9 Å². The largest absolute Gasteiger partial charge is 0.381 e. The average Bonchev–Trinajstić information content (AvgIpc) is 2.47. The Bertz CT molecular complexity index is 361. The minimum Gasteiger partial charge on any atom is -0.381 e. The summed E-state index contributed by atoms with van der Waals surface area (Å²) in [6, 6.07) is 4.08. The van der Waals surface area contributed by atoms with Crippen LogP contribution >= 0.6 is 0 Å². The second-order valence-electron chi connectivity index (χ2n) is 4.89. The van der Waals surface area contributed by atoms with Crippen LogP contribution in [0.5, 0.6) is 0 Å². The van der Waals surface area contributed by atoms with Crippen LogP contribution in [-0.4, -0.2) is 36.4 Å². The Morgan fingerprint density at radius 2 is 2.32 bits per heavy atom. The molecule has 106 valence electrons. The molecule has 0 spiro atoms. The highest BCUT2D eigenvalue weighted by Crippen LogP contribution is 2.30. The van der Waals surface area contributed by atoms with Crippen LogP contribution in [0.3, 0.4) is 0 Å². The van der Waals surface area contributed by atoms with Gasteiger partial charge in [0.2, 0.25) is 0 Å². The van der Waals surface area contributed by atoms with Gasteiger partial charge in [0.05, 0.1) is 11.6 Å². The van der Waals surface area contributed by atoms with Gasteiger partial charge in [-0.3, -0.25) is 16.3 Å². The van der Waals surface area contributed by atoms with Crippen LogP contribution in [0.15, 0.2) is 24.5 Å². The SMILES string of the molecule is CCOC1(C(Cc2cccnc2)NN)CCOCC1. The molecule has 1 aromatic heterocycles. The van der Waals surface area contributed by atoms with Gasteiger partial charge in [0.25, 0.3) is 0 Å². The van der Waals surface area contributed by atoms with Crippen molar-refractivity contribution in [2.75, 3.05) is 19.8 Å². The monoisotopic (exact) mass is 265 g/mol. The highest BCUT2D eigenvalue weighted by molar-refractivity contribution is 5.12. The van der Waals surface area contributed by atoms with Gasteiger partial charge in [-0.2, -0.15) is 0 Å². The summed E-state index contributed by atoms with van der Waals surface area (Å²) < 4.78 is 11.5. The van der Waals surface area contributed by atoms with E-state index in [-0.39, 0.29) is 11.6 Å². The number of hydrogen-bond donors (Lipinski definition) is 2. The fourth-order valence-corrected chi connectivity index (χ4v) is 2.75. The van der Waals surface area contributed by atoms with Crippen LogP contribution in [0.2, 0.25) is 0 Å². The van der Waals surface area contributed by atoms with Crippen molar-refractivity contribution >= 4 is 0 Å². The zero-order chi connectivity index (χ0) is 13.6. The Hall–Kier alpha value is -1.01. The van der Waals surface area contributed by atoms with Crippen LogP contribution in [0, 0.1) is 0 Å². The fourth-order valence-electron chi connectivity index (χ4n) is 2.75. The first-order valence-corrected chi connectivity index (χ1v) is 6.87. The first kappa shape index (κ1) is 14.4. The average molecular weight is 265 g/mol. The van der Waals surface area contributed by atoms with Crippen molar-refractivity contribution in [3.05, 3.63) is 30.1 Å². The molecule has 1 atom stereocenters. The van der Waals surface area contributed by atoms with E-state index >= 15 is 0 Å². The molecule has 1 saturated heterocycles. The quantitative estimate of drug-likeness (QED) is 0.594. The second-order valence-corrected chi connectivity index (χ2v) is 4.89. The van der Waals surface area contributed by atoms with Gasteiger partial charge in [-0.25, -0.2) is 0 Å². The Morgan fingerprint density at radius 1 is 1.53 bits per heavy atom. The third-order valence-electron chi connectivity index (χ3n) is 3.77. The predicted molar refractivity (Wildman–Crippen MR) is 73.5 cm³/mol. The normalized spacial score (nSPS) is 20.1. The summed E-state index contributed by atoms with van der Waals surface area (Å²) in [6.45, 7) is 4.16. The Labute approximate surface area is 114 Å². The molecule has 19 heavy (non-hydrogen) atoms. The van der Waals surface area contributed by atoms with Gasteiger partial charge < -0.3 is 9.47 Å². The molecule has 0 radical (unpaired) electrons. The van der Waals surface area contributed by atoms with Gasteiger partial charge in [0, 0.05) is 45.1 Å². The summed E-state index contributed by atoms with van der Waals surface area (Å²) in [5.41, 5.74) is 3.86. The van der Waals surface area contributed by atoms with Crippen molar-refractivity contribution in [3.63, 3.8) is 0 Å². The lowest BCUT2D eigenvalue weighted by Gasteiger charge is -2.42. The number of aromatic nitrogens is 1. The van der Waals surface area contributed by atoms with Crippen molar-refractivity contribution < 1.29 is 9.47 Å². The molecule has 3 N–H and O–H groups in total. The summed E-state index contributed by atoms with van der Waals surface area (Å²) in [5.74, 6) is 5.78. The second kappa shape index (κ2) is 6.96. The first-order chi connectivity index (χ1) is 9.30. The van der Waals surface area contributed by atoms with E-state index in [9.17, 15) is 0 Å².